The first-order valence-corrected chi connectivity index (χ1v) is 7.95. The van der Waals surface area contributed by atoms with Gasteiger partial charge < -0.3 is 14.7 Å². The zero-order chi connectivity index (χ0) is 14.7. The molecule has 0 aromatic carbocycles. The molecule has 112 valence electrons. The molecule has 2 heterocycles. The number of nitrogens with zero attached hydrogens (tertiary/aromatic N) is 2. The summed E-state index contributed by atoms with van der Waals surface area (Å²) in [5.41, 5.74) is 0.720. The molecule has 1 N–H and O–H groups in total. The van der Waals surface area contributed by atoms with Crippen molar-refractivity contribution < 1.29 is 14.6 Å². The molecule has 5 nitrogen and oxygen atoms in total. The molecule has 0 bridgehead atoms. The highest BCUT2D eigenvalue weighted by molar-refractivity contribution is 7.17. The van der Waals surface area contributed by atoms with Crippen LogP contribution >= 0.6 is 11.3 Å². The van der Waals surface area contributed by atoms with Gasteiger partial charge in [-0.2, -0.15) is 0 Å². The fourth-order valence-electron chi connectivity index (χ4n) is 2.30. The van der Waals surface area contributed by atoms with Gasteiger partial charge in [0.15, 0.2) is 5.13 Å². The van der Waals surface area contributed by atoms with Crippen molar-refractivity contribution in [3.05, 3.63) is 10.6 Å². The van der Waals surface area contributed by atoms with Crippen LogP contribution < -0.4 is 4.90 Å². The minimum absolute atomic E-state index is 0.154. The van der Waals surface area contributed by atoms with E-state index in [1.165, 1.54) is 11.3 Å². The molecule has 1 fully saturated rings. The summed E-state index contributed by atoms with van der Waals surface area (Å²) >= 11 is 1.29. The Balaban J connectivity index is 2.29. The van der Waals surface area contributed by atoms with Gasteiger partial charge in [-0.3, -0.25) is 0 Å². The van der Waals surface area contributed by atoms with Gasteiger partial charge in [0.2, 0.25) is 0 Å². The number of hydrogen-bond donors (Lipinski definition) is 1. The highest BCUT2D eigenvalue weighted by Gasteiger charge is 2.25. The lowest BCUT2D eigenvalue weighted by atomic mass is 10.0. The molecule has 0 saturated carbocycles. The van der Waals surface area contributed by atoms with Gasteiger partial charge in [-0.25, -0.2) is 9.78 Å². The summed E-state index contributed by atoms with van der Waals surface area (Å²) in [5, 5.41) is 10.2. The number of carboxylic acids is 1. The zero-order valence-electron chi connectivity index (χ0n) is 12.3. The summed E-state index contributed by atoms with van der Waals surface area (Å²) in [4.78, 5) is 18.5. The SMILES string of the molecule is CCC(C)c1nc(N2CCCOC(C)C2)sc1C(=O)O. The van der Waals surface area contributed by atoms with Crippen LogP contribution in [0.1, 0.15) is 54.9 Å². The average Bonchev–Trinajstić information content (AvgIpc) is 2.75. The second kappa shape index (κ2) is 6.54. The Morgan fingerprint density at radius 3 is 3.05 bits per heavy atom. The van der Waals surface area contributed by atoms with Crippen LogP contribution in [0.5, 0.6) is 0 Å². The molecule has 1 aromatic heterocycles. The van der Waals surface area contributed by atoms with Gasteiger partial charge in [0, 0.05) is 19.7 Å². The van der Waals surface area contributed by atoms with E-state index in [0.717, 1.165) is 43.4 Å². The van der Waals surface area contributed by atoms with Crippen molar-refractivity contribution in [1.82, 2.24) is 4.98 Å². The van der Waals surface area contributed by atoms with Crippen molar-refractivity contribution in [3.63, 3.8) is 0 Å². The Morgan fingerprint density at radius 1 is 1.65 bits per heavy atom. The fraction of sp³-hybridized carbons (Fsp3) is 0.714. The van der Waals surface area contributed by atoms with Crippen LogP contribution in [0.4, 0.5) is 5.13 Å². The molecule has 1 aliphatic rings. The van der Waals surface area contributed by atoms with Crippen LogP contribution in [-0.4, -0.2) is 41.9 Å². The Labute approximate surface area is 123 Å². The lowest BCUT2D eigenvalue weighted by Crippen LogP contribution is -2.30. The summed E-state index contributed by atoms with van der Waals surface area (Å²) in [7, 11) is 0. The van der Waals surface area contributed by atoms with Crippen molar-refractivity contribution in [2.45, 2.75) is 45.6 Å². The Bertz CT molecular complexity index is 475. The van der Waals surface area contributed by atoms with E-state index in [0.29, 0.717) is 4.88 Å². The van der Waals surface area contributed by atoms with E-state index in [-0.39, 0.29) is 12.0 Å². The molecule has 2 unspecified atom stereocenters. The summed E-state index contributed by atoms with van der Waals surface area (Å²) in [6.45, 7) is 8.52. The van der Waals surface area contributed by atoms with Gasteiger partial charge in [-0.1, -0.05) is 25.2 Å². The van der Waals surface area contributed by atoms with E-state index >= 15 is 0 Å². The maximum absolute atomic E-state index is 11.4. The first kappa shape index (κ1) is 15.3. The number of carboxylic acid groups (broad SMARTS) is 1. The average molecular weight is 298 g/mol. The smallest absolute Gasteiger partial charge is 0.347 e. The molecular weight excluding hydrogens is 276 g/mol. The standard InChI is InChI=1S/C14H22N2O3S/c1-4-9(2)11-12(13(17)18)20-14(15-11)16-6-5-7-19-10(3)8-16/h9-10H,4-8H2,1-3H3,(H,17,18). The molecule has 0 amide bonds. The molecule has 0 spiro atoms. The highest BCUT2D eigenvalue weighted by atomic mass is 32.1. The molecule has 0 radical (unpaired) electrons. The molecule has 2 atom stereocenters. The van der Waals surface area contributed by atoms with Crippen LogP contribution in [0.2, 0.25) is 0 Å². The van der Waals surface area contributed by atoms with E-state index in [2.05, 4.69) is 16.8 Å². The van der Waals surface area contributed by atoms with Crippen molar-refractivity contribution in [2.24, 2.45) is 0 Å². The predicted molar refractivity (Wildman–Crippen MR) is 80.0 cm³/mol. The van der Waals surface area contributed by atoms with Crippen molar-refractivity contribution in [3.8, 4) is 0 Å². The van der Waals surface area contributed by atoms with Crippen molar-refractivity contribution in [2.75, 3.05) is 24.6 Å². The fourth-order valence-corrected chi connectivity index (χ4v) is 3.36. The molecule has 1 saturated heterocycles. The lowest BCUT2D eigenvalue weighted by Gasteiger charge is -2.21. The zero-order valence-corrected chi connectivity index (χ0v) is 13.1. The van der Waals surface area contributed by atoms with Gasteiger partial charge in [0.1, 0.15) is 4.88 Å². The lowest BCUT2D eigenvalue weighted by molar-refractivity contribution is 0.0700. The summed E-state index contributed by atoms with van der Waals surface area (Å²) in [5.74, 6) is -0.699. The molecule has 6 heteroatoms. The third-order valence-electron chi connectivity index (χ3n) is 3.64. The van der Waals surface area contributed by atoms with Gasteiger partial charge in [-0.15, -0.1) is 0 Å². The van der Waals surface area contributed by atoms with Gasteiger partial charge in [0.25, 0.3) is 0 Å². The largest absolute Gasteiger partial charge is 0.477 e. The molecular formula is C14H22N2O3S. The molecule has 1 aromatic rings. The van der Waals surface area contributed by atoms with Crippen LogP contribution in [0.3, 0.4) is 0 Å². The maximum atomic E-state index is 11.4. The quantitative estimate of drug-likeness (QED) is 0.926. The number of anilines is 1. The number of ether oxygens (including phenoxy) is 1. The first-order chi connectivity index (χ1) is 9.52. The van der Waals surface area contributed by atoms with Crippen LogP contribution in [-0.2, 0) is 4.74 Å². The molecule has 20 heavy (non-hydrogen) atoms. The maximum Gasteiger partial charge on any atom is 0.347 e. The van der Waals surface area contributed by atoms with Gasteiger partial charge >= 0.3 is 5.97 Å². The molecule has 1 aliphatic heterocycles. The molecule has 0 aliphatic carbocycles. The Morgan fingerprint density at radius 2 is 2.40 bits per heavy atom. The highest BCUT2D eigenvalue weighted by Crippen LogP contribution is 2.32. The van der Waals surface area contributed by atoms with E-state index in [9.17, 15) is 9.90 Å². The topological polar surface area (TPSA) is 62.7 Å². The molecule has 2 rings (SSSR count). The van der Waals surface area contributed by atoms with Gasteiger partial charge in [0.05, 0.1) is 11.8 Å². The second-order valence-corrected chi connectivity index (χ2v) is 6.28. The summed E-state index contributed by atoms with van der Waals surface area (Å²) < 4.78 is 5.63. The van der Waals surface area contributed by atoms with Crippen molar-refractivity contribution in [1.29, 1.82) is 0 Å². The first-order valence-electron chi connectivity index (χ1n) is 7.13. The van der Waals surface area contributed by atoms with E-state index < -0.39 is 5.97 Å². The minimum atomic E-state index is -0.872. The summed E-state index contributed by atoms with van der Waals surface area (Å²) in [6, 6.07) is 0. The number of aromatic nitrogens is 1. The van der Waals surface area contributed by atoms with E-state index in [4.69, 9.17) is 4.74 Å². The van der Waals surface area contributed by atoms with Crippen molar-refractivity contribution >= 4 is 22.4 Å². The Kier molecular flexibility index (Phi) is 4.99. The third kappa shape index (κ3) is 3.30. The van der Waals surface area contributed by atoms with Gasteiger partial charge in [-0.05, 0) is 25.7 Å². The summed E-state index contributed by atoms with van der Waals surface area (Å²) in [6.07, 6.45) is 2.00. The number of aromatic carboxylic acids is 1. The monoisotopic (exact) mass is 298 g/mol. The normalized spacial score (nSPS) is 21.6. The number of rotatable bonds is 4. The van der Waals surface area contributed by atoms with Crippen LogP contribution in [0, 0.1) is 0 Å². The number of carbonyl (C=O) groups is 1. The third-order valence-corrected chi connectivity index (χ3v) is 4.76. The Hall–Kier alpha value is -1.14. The second-order valence-electron chi connectivity index (χ2n) is 5.31. The van der Waals surface area contributed by atoms with E-state index in [1.54, 1.807) is 0 Å². The minimum Gasteiger partial charge on any atom is -0.477 e. The van der Waals surface area contributed by atoms with E-state index in [1.807, 2.05) is 13.8 Å². The van der Waals surface area contributed by atoms with Crippen LogP contribution in [0.25, 0.3) is 0 Å². The predicted octanol–water partition coefficient (Wildman–Crippen LogP) is 2.97. The van der Waals surface area contributed by atoms with Crippen LogP contribution in [0.15, 0.2) is 0 Å². The number of thiazole rings is 1. The number of hydrogen-bond acceptors (Lipinski definition) is 5.